The van der Waals surface area contributed by atoms with Crippen LogP contribution in [0.15, 0.2) is 0 Å². The van der Waals surface area contributed by atoms with Crippen LogP contribution in [0.3, 0.4) is 0 Å². The van der Waals surface area contributed by atoms with Crippen molar-refractivity contribution in [1.82, 2.24) is 10.6 Å². The van der Waals surface area contributed by atoms with Crippen molar-refractivity contribution in [1.29, 1.82) is 0 Å². The molecule has 0 fully saturated rings. The van der Waals surface area contributed by atoms with Crippen molar-refractivity contribution in [2.75, 3.05) is 26.2 Å². The van der Waals surface area contributed by atoms with Gasteiger partial charge in [0, 0.05) is 0 Å². The molecule has 0 bridgehead atoms. The predicted molar refractivity (Wildman–Crippen MR) is 101 cm³/mol. The van der Waals surface area contributed by atoms with E-state index in [1.54, 1.807) is 0 Å². The van der Waals surface area contributed by atoms with Gasteiger partial charge in [0.2, 0.25) is 0 Å². The van der Waals surface area contributed by atoms with Gasteiger partial charge in [-0.05, 0) is 76.3 Å². The Morgan fingerprint density at radius 3 is 1.48 bits per heavy atom. The molecule has 2 N–H and O–H groups in total. The van der Waals surface area contributed by atoms with Crippen LogP contribution in [0.1, 0.15) is 27.7 Å². The Kier molecular flexibility index (Phi) is 10.3. The molecule has 2 atom stereocenters. The van der Waals surface area contributed by atoms with Gasteiger partial charge < -0.3 is 14.7 Å². The van der Waals surface area contributed by atoms with Gasteiger partial charge in [-0.1, -0.05) is 27.7 Å². The summed E-state index contributed by atoms with van der Waals surface area (Å²) in [6.45, 7) is 22.9. The summed E-state index contributed by atoms with van der Waals surface area (Å²) in [7, 11) is -3.10. The second-order valence-electron chi connectivity index (χ2n) is 7.90. The van der Waals surface area contributed by atoms with Gasteiger partial charge in [-0.3, -0.25) is 0 Å². The van der Waals surface area contributed by atoms with Crippen LogP contribution in [0.2, 0.25) is 38.3 Å². The summed E-state index contributed by atoms with van der Waals surface area (Å²) in [4.78, 5) is 0. The third-order valence-electron chi connectivity index (χ3n) is 3.60. The van der Waals surface area contributed by atoms with Gasteiger partial charge in [0.05, 0.1) is 0 Å². The van der Waals surface area contributed by atoms with Crippen LogP contribution in [0.4, 0.5) is 0 Å². The molecule has 0 rings (SSSR count). The first-order valence-corrected chi connectivity index (χ1v) is 15.0. The lowest BCUT2D eigenvalue weighted by Gasteiger charge is -2.38. The molecule has 21 heavy (non-hydrogen) atoms. The van der Waals surface area contributed by atoms with Crippen molar-refractivity contribution in [3.05, 3.63) is 0 Å². The van der Waals surface area contributed by atoms with Gasteiger partial charge in [0.25, 0.3) is 0 Å². The van der Waals surface area contributed by atoms with Gasteiger partial charge in [-0.25, -0.2) is 0 Å². The van der Waals surface area contributed by atoms with Gasteiger partial charge >= 0.3 is 0 Å². The zero-order valence-corrected chi connectivity index (χ0v) is 17.8. The zero-order chi connectivity index (χ0) is 16.5. The van der Waals surface area contributed by atoms with Crippen LogP contribution in [-0.4, -0.2) is 42.8 Å². The van der Waals surface area contributed by atoms with Crippen LogP contribution in [0.5, 0.6) is 0 Å². The molecule has 0 aromatic heterocycles. The molecule has 0 radical (unpaired) electrons. The molecule has 2 unspecified atom stereocenters. The standard InChI is InChI=1S/C16H40N2OSi2/c1-9-17-11-15(3)13-21(8,19-20(5,6)7)14-16(4)12-18-10-2/h15-18H,9-14H2,1-8H3. The smallest absolute Gasteiger partial charge is 0.177 e. The van der Waals surface area contributed by atoms with E-state index in [0.717, 1.165) is 26.2 Å². The topological polar surface area (TPSA) is 33.3 Å². The van der Waals surface area contributed by atoms with Gasteiger partial charge in [-0.15, -0.1) is 0 Å². The maximum Gasteiger partial charge on any atom is 0.177 e. The van der Waals surface area contributed by atoms with Crippen molar-refractivity contribution >= 4 is 16.6 Å². The average Bonchev–Trinajstić information content (AvgIpc) is 2.30. The van der Waals surface area contributed by atoms with E-state index in [1.165, 1.54) is 12.1 Å². The molecule has 5 heteroatoms. The Labute approximate surface area is 135 Å². The maximum atomic E-state index is 6.75. The Hall–Kier alpha value is 0.314. The monoisotopic (exact) mass is 332 g/mol. The number of rotatable bonds is 12. The van der Waals surface area contributed by atoms with Crippen molar-refractivity contribution in [3.63, 3.8) is 0 Å². The van der Waals surface area contributed by atoms with Gasteiger partial charge in [-0.2, -0.15) is 0 Å². The highest BCUT2D eigenvalue weighted by Crippen LogP contribution is 2.29. The first-order chi connectivity index (χ1) is 9.62. The van der Waals surface area contributed by atoms with Crippen molar-refractivity contribution < 1.29 is 4.12 Å². The normalized spacial score (nSPS) is 18.3. The summed E-state index contributed by atoms with van der Waals surface area (Å²) in [5, 5.41) is 6.97. The summed E-state index contributed by atoms with van der Waals surface area (Å²) in [6.07, 6.45) is 0. The lowest BCUT2D eigenvalue weighted by Crippen LogP contribution is -2.48. The first kappa shape index (κ1) is 21.3. The Morgan fingerprint density at radius 2 is 1.19 bits per heavy atom. The molecule has 0 heterocycles. The summed E-state index contributed by atoms with van der Waals surface area (Å²) in [5.41, 5.74) is 0. The lowest BCUT2D eigenvalue weighted by molar-refractivity contribution is 0.465. The van der Waals surface area contributed by atoms with Crippen molar-refractivity contribution in [2.45, 2.75) is 66.0 Å². The number of nitrogens with one attached hydrogen (secondary N) is 2. The third-order valence-corrected chi connectivity index (χ3v) is 11.1. The van der Waals surface area contributed by atoms with Crippen LogP contribution < -0.4 is 10.6 Å². The molecule has 0 aliphatic carbocycles. The average molecular weight is 333 g/mol. The minimum Gasteiger partial charge on any atom is -0.455 e. The SMILES string of the molecule is CCNCC(C)C[Si](C)(CC(C)CNCC)O[Si](C)(C)C. The molecule has 0 spiro atoms. The largest absolute Gasteiger partial charge is 0.455 e. The highest BCUT2D eigenvalue weighted by Gasteiger charge is 2.36. The second kappa shape index (κ2) is 10.2. The van der Waals surface area contributed by atoms with E-state index >= 15 is 0 Å². The molecule has 0 aromatic rings. The fourth-order valence-electron chi connectivity index (χ4n) is 3.31. The minimum atomic E-state index is -1.63. The van der Waals surface area contributed by atoms with Crippen LogP contribution in [0, 0.1) is 11.8 Å². The molecular weight excluding hydrogens is 292 g/mol. The first-order valence-electron chi connectivity index (χ1n) is 8.73. The highest BCUT2D eigenvalue weighted by molar-refractivity contribution is 6.84. The minimum absolute atomic E-state index is 0.712. The number of hydrogen-bond acceptors (Lipinski definition) is 3. The zero-order valence-electron chi connectivity index (χ0n) is 15.8. The summed E-state index contributed by atoms with van der Waals surface area (Å²) < 4.78 is 6.75. The van der Waals surface area contributed by atoms with E-state index in [1.807, 2.05) is 0 Å². The van der Waals surface area contributed by atoms with Crippen LogP contribution >= 0.6 is 0 Å². The molecule has 0 saturated carbocycles. The van der Waals surface area contributed by atoms with E-state index in [9.17, 15) is 0 Å². The summed E-state index contributed by atoms with van der Waals surface area (Å²) in [6, 6.07) is 2.56. The Balaban J connectivity index is 4.67. The quantitative estimate of drug-likeness (QED) is 0.532. The van der Waals surface area contributed by atoms with E-state index < -0.39 is 16.6 Å². The van der Waals surface area contributed by atoms with Gasteiger partial charge in [0.1, 0.15) is 0 Å². The molecular formula is C16H40N2OSi2. The summed E-state index contributed by atoms with van der Waals surface area (Å²) in [5.74, 6) is 1.42. The van der Waals surface area contributed by atoms with Gasteiger partial charge in [0.15, 0.2) is 16.6 Å². The predicted octanol–water partition coefficient (Wildman–Crippen LogP) is 3.90. The van der Waals surface area contributed by atoms with Crippen LogP contribution in [0.25, 0.3) is 0 Å². The van der Waals surface area contributed by atoms with Crippen LogP contribution in [-0.2, 0) is 4.12 Å². The third kappa shape index (κ3) is 11.5. The Bertz CT molecular complexity index is 253. The lowest BCUT2D eigenvalue weighted by atomic mass is 10.2. The molecule has 0 saturated heterocycles. The van der Waals surface area contributed by atoms with Crippen molar-refractivity contribution in [2.24, 2.45) is 11.8 Å². The Morgan fingerprint density at radius 1 is 0.810 bits per heavy atom. The van der Waals surface area contributed by atoms with E-state index in [4.69, 9.17) is 4.12 Å². The molecule has 0 aromatic carbocycles. The van der Waals surface area contributed by atoms with E-state index in [2.05, 4.69) is 64.5 Å². The van der Waals surface area contributed by atoms with E-state index in [-0.39, 0.29) is 0 Å². The molecule has 0 aliphatic heterocycles. The summed E-state index contributed by atoms with van der Waals surface area (Å²) >= 11 is 0. The molecule has 0 amide bonds. The fraction of sp³-hybridized carbons (Fsp3) is 1.00. The molecule has 3 nitrogen and oxygen atoms in total. The molecule has 128 valence electrons. The fourth-order valence-corrected chi connectivity index (χ4v) is 13.3. The van der Waals surface area contributed by atoms with Crippen molar-refractivity contribution in [3.8, 4) is 0 Å². The van der Waals surface area contributed by atoms with E-state index in [0.29, 0.717) is 11.8 Å². The number of hydrogen-bond donors (Lipinski definition) is 2. The second-order valence-corrected chi connectivity index (χ2v) is 16.7. The maximum absolute atomic E-state index is 6.75. The molecule has 0 aliphatic rings. The highest BCUT2D eigenvalue weighted by atomic mass is 28.4.